The Morgan fingerprint density at radius 3 is 2.53 bits per heavy atom. The Bertz CT molecular complexity index is 206. The molecule has 2 unspecified atom stereocenters. The average molecular weight is 213 g/mol. The molecule has 1 rings (SSSR count). The molecule has 3 nitrogen and oxygen atoms in total. The number of hydrogen-bond acceptors (Lipinski definition) is 2. The van der Waals surface area contributed by atoms with E-state index in [2.05, 4.69) is 18.7 Å². The molecule has 0 amide bonds. The highest BCUT2D eigenvalue weighted by molar-refractivity contribution is 5.71. The van der Waals surface area contributed by atoms with Crippen molar-refractivity contribution >= 4 is 5.97 Å². The predicted octanol–water partition coefficient (Wildman–Crippen LogP) is 2.36. The fraction of sp³-hybridized carbons (Fsp3) is 0.917. The first kappa shape index (κ1) is 12.5. The van der Waals surface area contributed by atoms with E-state index in [1.54, 1.807) is 0 Å². The van der Waals surface area contributed by atoms with Crippen LogP contribution >= 0.6 is 0 Å². The third-order valence-electron chi connectivity index (χ3n) is 3.43. The zero-order chi connectivity index (χ0) is 11.3. The van der Waals surface area contributed by atoms with Crippen molar-refractivity contribution in [1.82, 2.24) is 4.90 Å². The quantitative estimate of drug-likeness (QED) is 0.762. The first-order chi connectivity index (χ1) is 7.20. The van der Waals surface area contributed by atoms with Gasteiger partial charge in [0.2, 0.25) is 0 Å². The van der Waals surface area contributed by atoms with E-state index < -0.39 is 5.97 Å². The molecule has 0 radical (unpaired) electrons. The van der Waals surface area contributed by atoms with Gasteiger partial charge in [0, 0.05) is 6.04 Å². The lowest BCUT2D eigenvalue weighted by Crippen LogP contribution is -2.45. The van der Waals surface area contributed by atoms with E-state index in [0.717, 1.165) is 38.8 Å². The summed E-state index contributed by atoms with van der Waals surface area (Å²) in [6, 6.07) is 0.279. The second-order valence-electron chi connectivity index (χ2n) is 4.43. The molecule has 0 heterocycles. The van der Waals surface area contributed by atoms with E-state index in [9.17, 15) is 9.90 Å². The Balaban J connectivity index is 2.64. The minimum absolute atomic E-state index is 0.134. The summed E-state index contributed by atoms with van der Waals surface area (Å²) in [6.07, 6.45) is 5.30. The first-order valence-electron chi connectivity index (χ1n) is 6.17. The molecule has 1 fully saturated rings. The average Bonchev–Trinajstić information content (AvgIpc) is 2.26. The largest absolute Gasteiger partial charge is 0.481 e. The van der Waals surface area contributed by atoms with Crippen molar-refractivity contribution in [3.63, 3.8) is 0 Å². The second-order valence-corrected chi connectivity index (χ2v) is 4.43. The Hall–Kier alpha value is -0.570. The molecule has 15 heavy (non-hydrogen) atoms. The smallest absolute Gasteiger partial charge is 0.308 e. The standard InChI is InChI=1S/C12H23NO2/c1-3-9-13(4-2)11-8-6-5-7-10(11)12(14)15/h10-11H,3-9H2,1-2H3,(H,14,15). The Morgan fingerprint density at radius 1 is 1.33 bits per heavy atom. The van der Waals surface area contributed by atoms with E-state index in [4.69, 9.17) is 0 Å². The molecular formula is C12H23NO2. The number of carboxylic acid groups (broad SMARTS) is 1. The summed E-state index contributed by atoms with van der Waals surface area (Å²) < 4.78 is 0. The number of carboxylic acids is 1. The molecule has 0 aromatic carbocycles. The molecule has 0 aromatic rings. The molecule has 1 saturated carbocycles. The van der Waals surface area contributed by atoms with Crippen molar-refractivity contribution in [3.05, 3.63) is 0 Å². The molecular weight excluding hydrogens is 190 g/mol. The lowest BCUT2D eigenvalue weighted by molar-refractivity contribution is -0.145. The van der Waals surface area contributed by atoms with Gasteiger partial charge in [-0.3, -0.25) is 9.69 Å². The van der Waals surface area contributed by atoms with E-state index in [-0.39, 0.29) is 12.0 Å². The Labute approximate surface area is 92.5 Å². The monoisotopic (exact) mass is 213 g/mol. The van der Waals surface area contributed by atoms with Crippen LogP contribution in [0.4, 0.5) is 0 Å². The lowest BCUT2D eigenvalue weighted by atomic mass is 9.83. The van der Waals surface area contributed by atoms with Crippen molar-refractivity contribution < 1.29 is 9.90 Å². The highest BCUT2D eigenvalue weighted by atomic mass is 16.4. The Kier molecular flexibility index (Phi) is 5.09. The molecule has 0 aromatic heterocycles. The van der Waals surface area contributed by atoms with Gasteiger partial charge in [-0.05, 0) is 32.4 Å². The van der Waals surface area contributed by atoms with Gasteiger partial charge in [0.25, 0.3) is 0 Å². The molecule has 1 N–H and O–H groups in total. The predicted molar refractivity (Wildman–Crippen MR) is 60.9 cm³/mol. The molecule has 1 aliphatic rings. The van der Waals surface area contributed by atoms with Gasteiger partial charge in [-0.1, -0.05) is 26.7 Å². The van der Waals surface area contributed by atoms with Gasteiger partial charge in [0.05, 0.1) is 5.92 Å². The number of hydrogen-bond donors (Lipinski definition) is 1. The molecule has 0 aliphatic heterocycles. The maximum absolute atomic E-state index is 11.2. The third kappa shape index (κ3) is 3.20. The van der Waals surface area contributed by atoms with Crippen LogP contribution in [0.5, 0.6) is 0 Å². The molecule has 0 spiro atoms. The summed E-state index contributed by atoms with van der Waals surface area (Å²) in [5, 5.41) is 9.19. The summed E-state index contributed by atoms with van der Waals surface area (Å²) in [6.45, 7) is 6.29. The van der Waals surface area contributed by atoms with Crippen LogP contribution < -0.4 is 0 Å². The summed E-state index contributed by atoms with van der Waals surface area (Å²) in [4.78, 5) is 13.5. The van der Waals surface area contributed by atoms with Gasteiger partial charge in [0.15, 0.2) is 0 Å². The minimum Gasteiger partial charge on any atom is -0.481 e. The first-order valence-corrected chi connectivity index (χ1v) is 6.17. The van der Waals surface area contributed by atoms with Crippen LogP contribution in [0.25, 0.3) is 0 Å². The van der Waals surface area contributed by atoms with E-state index >= 15 is 0 Å². The maximum Gasteiger partial charge on any atom is 0.308 e. The van der Waals surface area contributed by atoms with Crippen molar-refractivity contribution in [2.24, 2.45) is 5.92 Å². The number of rotatable bonds is 5. The minimum atomic E-state index is -0.603. The number of aliphatic carboxylic acids is 1. The van der Waals surface area contributed by atoms with Gasteiger partial charge in [-0.15, -0.1) is 0 Å². The number of nitrogens with zero attached hydrogens (tertiary/aromatic N) is 1. The van der Waals surface area contributed by atoms with Crippen LogP contribution in [-0.2, 0) is 4.79 Å². The van der Waals surface area contributed by atoms with Crippen LogP contribution in [-0.4, -0.2) is 35.1 Å². The highest BCUT2D eigenvalue weighted by Gasteiger charge is 2.33. The lowest BCUT2D eigenvalue weighted by Gasteiger charge is -2.37. The highest BCUT2D eigenvalue weighted by Crippen LogP contribution is 2.28. The SMILES string of the molecule is CCCN(CC)C1CCCCC1C(=O)O. The normalized spacial score (nSPS) is 26.9. The van der Waals surface area contributed by atoms with Crippen LogP contribution in [0.3, 0.4) is 0 Å². The van der Waals surface area contributed by atoms with Crippen LogP contribution in [0.2, 0.25) is 0 Å². The second kappa shape index (κ2) is 6.11. The van der Waals surface area contributed by atoms with Crippen LogP contribution in [0.1, 0.15) is 46.0 Å². The summed E-state index contributed by atoms with van der Waals surface area (Å²) >= 11 is 0. The number of carbonyl (C=O) groups is 1. The fourth-order valence-electron chi connectivity index (χ4n) is 2.68. The van der Waals surface area contributed by atoms with Crippen molar-refractivity contribution in [1.29, 1.82) is 0 Å². The van der Waals surface area contributed by atoms with Crippen LogP contribution in [0.15, 0.2) is 0 Å². The van der Waals surface area contributed by atoms with Gasteiger partial charge >= 0.3 is 5.97 Å². The fourth-order valence-corrected chi connectivity index (χ4v) is 2.68. The Morgan fingerprint density at radius 2 is 2.00 bits per heavy atom. The van der Waals surface area contributed by atoms with Crippen LogP contribution in [0, 0.1) is 5.92 Å². The van der Waals surface area contributed by atoms with Crippen molar-refractivity contribution in [3.8, 4) is 0 Å². The molecule has 88 valence electrons. The van der Waals surface area contributed by atoms with Gasteiger partial charge in [-0.2, -0.15) is 0 Å². The van der Waals surface area contributed by atoms with E-state index in [1.807, 2.05) is 0 Å². The van der Waals surface area contributed by atoms with E-state index in [1.165, 1.54) is 6.42 Å². The van der Waals surface area contributed by atoms with Gasteiger partial charge in [-0.25, -0.2) is 0 Å². The molecule has 0 bridgehead atoms. The maximum atomic E-state index is 11.2. The summed E-state index contributed by atoms with van der Waals surface area (Å²) in [5.74, 6) is -0.737. The molecule has 0 saturated heterocycles. The molecule has 2 atom stereocenters. The topological polar surface area (TPSA) is 40.5 Å². The van der Waals surface area contributed by atoms with Crippen molar-refractivity contribution in [2.75, 3.05) is 13.1 Å². The van der Waals surface area contributed by atoms with Gasteiger partial charge < -0.3 is 5.11 Å². The zero-order valence-electron chi connectivity index (χ0n) is 9.91. The van der Waals surface area contributed by atoms with Gasteiger partial charge in [0.1, 0.15) is 0 Å². The summed E-state index contributed by atoms with van der Waals surface area (Å²) in [5.41, 5.74) is 0. The van der Waals surface area contributed by atoms with E-state index in [0.29, 0.717) is 0 Å². The molecule has 1 aliphatic carbocycles. The third-order valence-corrected chi connectivity index (χ3v) is 3.43. The zero-order valence-corrected chi connectivity index (χ0v) is 9.91. The summed E-state index contributed by atoms with van der Waals surface area (Å²) in [7, 11) is 0. The van der Waals surface area contributed by atoms with Crippen molar-refractivity contribution in [2.45, 2.75) is 52.0 Å². The molecule has 3 heteroatoms.